The van der Waals surface area contributed by atoms with E-state index in [1.165, 1.54) is 10.5 Å². The lowest BCUT2D eigenvalue weighted by Gasteiger charge is -2.36. The number of hydrogen-bond acceptors (Lipinski definition) is 2. The zero-order valence-corrected chi connectivity index (χ0v) is 13.8. The van der Waals surface area contributed by atoms with Crippen molar-refractivity contribution in [1.29, 1.82) is 0 Å². The van der Waals surface area contributed by atoms with Gasteiger partial charge in [0, 0.05) is 19.1 Å². The van der Waals surface area contributed by atoms with Gasteiger partial charge in [0.05, 0.1) is 0 Å². The molecule has 5 nitrogen and oxygen atoms in total. The molecule has 0 aromatic carbocycles. The van der Waals surface area contributed by atoms with Crippen LogP contribution in [0.3, 0.4) is 0 Å². The molecule has 5 heteroatoms. The SMILES string of the molecule is CCC(C)N(CC(=O)O)C(=O)N1CC=C(C(C)(C)C)CC1. The topological polar surface area (TPSA) is 60.9 Å². The van der Waals surface area contributed by atoms with Crippen molar-refractivity contribution in [2.45, 2.75) is 53.5 Å². The molecule has 0 fully saturated rings. The summed E-state index contributed by atoms with van der Waals surface area (Å²) < 4.78 is 0. The highest BCUT2D eigenvalue weighted by molar-refractivity contribution is 5.80. The summed E-state index contributed by atoms with van der Waals surface area (Å²) in [6.07, 6.45) is 3.71. The maximum atomic E-state index is 12.5. The van der Waals surface area contributed by atoms with Crippen LogP contribution in [0.5, 0.6) is 0 Å². The Bertz CT molecular complexity index is 424. The van der Waals surface area contributed by atoms with Crippen molar-refractivity contribution in [3.05, 3.63) is 11.6 Å². The third kappa shape index (κ3) is 4.76. The molecule has 1 aliphatic heterocycles. The predicted octanol–water partition coefficient (Wildman–Crippen LogP) is 2.97. The molecule has 0 saturated heterocycles. The largest absolute Gasteiger partial charge is 0.480 e. The normalized spacial score (nSPS) is 17.2. The lowest BCUT2D eigenvalue weighted by atomic mass is 9.83. The molecule has 1 N–H and O–H groups in total. The van der Waals surface area contributed by atoms with E-state index in [-0.39, 0.29) is 24.0 Å². The molecule has 0 spiro atoms. The molecule has 21 heavy (non-hydrogen) atoms. The first-order valence-electron chi connectivity index (χ1n) is 7.63. The first-order chi connectivity index (χ1) is 9.66. The number of carbonyl (C=O) groups excluding carboxylic acids is 1. The Balaban J connectivity index is 2.78. The maximum Gasteiger partial charge on any atom is 0.323 e. The van der Waals surface area contributed by atoms with Gasteiger partial charge in [-0.3, -0.25) is 4.79 Å². The van der Waals surface area contributed by atoms with Crippen LogP contribution >= 0.6 is 0 Å². The van der Waals surface area contributed by atoms with E-state index >= 15 is 0 Å². The fourth-order valence-electron chi connectivity index (χ4n) is 2.48. The van der Waals surface area contributed by atoms with Crippen LogP contribution in [0.25, 0.3) is 0 Å². The van der Waals surface area contributed by atoms with Gasteiger partial charge in [0.15, 0.2) is 0 Å². The predicted molar refractivity (Wildman–Crippen MR) is 83.2 cm³/mol. The van der Waals surface area contributed by atoms with Gasteiger partial charge in [-0.15, -0.1) is 0 Å². The number of nitrogens with zero attached hydrogens (tertiary/aromatic N) is 2. The summed E-state index contributed by atoms with van der Waals surface area (Å²) in [7, 11) is 0. The summed E-state index contributed by atoms with van der Waals surface area (Å²) >= 11 is 0. The second kappa shape index (κ2) is 6.96. The summed E-state index contributed by atoms with van der Waals surface area (Å²) in [5.41, 5.74) is 1.49. The number of carboxylic acid groups (broad SMARTS) is 1. The Morgan fingerprint density at radius 1 is 1.43 bits per heavy atom. The van der Waals surface area contributed by atoms with E-state index in [2.05, 4.69) is 26.8 Å². The Morgan fingerprint density at radius 3 is 2.43 bits per heavy atom. The molecule has 0 aromatic heterocycles. The van der Waals surface area contributed by atoms with Gasteiger partial charge in [-0.2, -0.15) is 0 Å². The summed E-state index contributed by atoms with van der Waals surface area (Å²) in [6, 6.07) is -0.238. The average molecular weight is 296 g/mol. The van der Waals surface area contributed by atoms with Crippen LogP contribution in [0.4, 0.5) is 4.79 Å². The zero-order valence-electron chi connectivity index (χ0n) is 13.8. The third-order valence-electron chi connectivity index (χ3n) is 4.12. The smallest absolute Gasteiger partial charge is 0.323 e. The number of aliphatic carboxylic acids is 1. The van der Waals surface area contributed by atoms with E-state index in [0.717, 1.165) is 12.8 Å². The van der Waals surface area contributed by atoms with Crippen molar-refractivity contribution in [3.63, 3.8) is 0 Å². The van der Waals surface area contributed by atoms with Crippen LogP contribution in [0.15, 0.2) is 11.6 Å². The fourth-order valence-corrected chi connectivity index (χ4v) is 2.48. The Hall–Kier alpha value is -1.52. The first kappa shape index (κ1) is 17.5. The van der Waals surface area contributed by atoms with Gasteiger partial charge < -0.3 is 14.9 Å². The summed E-state index contributed by atoms with van der Waals surface area (Å²) in [6.45, 7) is 11.4. The van der Waals surface area contributed by atoms with Crippen molar-refractivity contribution in [3.8, 4) is 0 Å². The third-order valence-corrected chi connectivity index (χ3v) is 4.12. The number of rotatable bonds is 4. The summed E-state index contributed by atoms with van der Waals surface area (Å²) in [5.74, 6) is -0.966. The number of carbonyl (C=O) groups is 2. The molecule has 0 bridgehead atoms. The highest BCUT2D eigenvalue weighted by Gasteiger charge is 2.29. The molecular weight excluding hydrogens is 268 g/mol. The van der Waals surface area contributed by atoms with Gasteiger partial charge in [0.2, 0.25) is 0 Å². The van der Waals surface area contributed by atoms with Crippen LogP contribution in [0, 0.1) is 5.41 Å². The quantitative estimate of drug-likeness (QED) is 0.811. The Labute approximate surface area is 127 Å². The monoisotopic (exact) mass is 296 g/mol. The van der Waals surface area contributed by atoms with E-state index in [0.29, 0.717) is 13.1 Å². The average Bonchev–Trinajstić information content (AvgIpc) is 2.42. The van der Waals surface area contributed by atoms with Crippen LogP contribution in [-0.2, 0) is 4.79 Å². The molecule has 1 unspecified atom stereocenters. The first-order valence-corrected chi connectivity index (χ1v) is 7.63. The lowest BCUT2D eigenvalue weighted by molar-refractivity contribution is -0.138. The molecule has 1 heterocycles. The Kier molecular flexibility index (Phi) is 5.81. The van der Waals surface area contributed by atoms with Gasteiger partial charge in [-0.25, -0.2) is 4.79 Å². The molecule has 0 aliphatic carbocycles. The minimum absolute atomic E-state index is 0.0680. The molecule has 0 saturated carbocycles. The van der Waals surface area contributed by atoms with Gasteiger partial charge >= 0.3 is 12.0 Å². The molecular formula is C16H28N2O3. The van der Waals surface area contributed by atoms with Gasteiger partial charge in [-0.1, -0.05) is 39.3 Å². The molecule has 2 amide bonds. The highest BCUT2D eigenvalue weighted by atomic mass is 16.4. The molecule has 1 atom stereocenters. The van der Waals surface area contributed by atoms with Crippen molar-refractivity contribution in [2.24, 2.45) is 5.41 Å². The van der Waals surface area contributed by atoms with E-state index in [4.69, 9.17) is 5.11 Å². The maximum absolute atomic E-state index is 12.5. The van der Waals surface area contributed by atoms with Crippen molar-refractivity contribution in [2.75, 3.05) is 19.6 Å². The number of urea groups is 1. The number of amides is 2. The van der Waals surface area contributed by atoms with Crippen molar-refractivity contribution < 1.29 is 14.7 Å². The minimum Gasteiger partial charge on any atom is -0.480 e. The molecule has 0 aromatic rings. The van der Waals surface area contributed by atoms with Gasteiger partial charge in [-0.05, 0) is 25.2 Å². The van der Waals surface area contributed by atoms with E-state index in [1.807, 2.05) is 13.8 Å². The van der Waals surface area contributed by atoms with E-state index in [9.17, 15) is 9.59 Å². The highest BCUT2D eigenvalue weighted by Crippen LogP contribution is 2.30. The van der Waals surface area contributed by atoms with Gasteiger partial charge in [0.25, 0.3) is 0 Å². The van der Waals surface area contributed by atoms with Crippen LogP contribution in [0.2, 0.25) is 0 Å². The minimum atomic E-state index is -0.966. The molecule has 120 valence electrons. The standard InChI is InChI=1S/C16H28N2O3/c1-6-12(2)18(11-14(19)20)15(21)17-9-7-13(8-10-17)16(3,4)5/h7,12H,6,8-11H2,1-5H3,(H,19,20). The Morgan fingerprint density at radius 2 is 2.05 bits per heavy atom. The fraction of sp³-hybridized carbons (Fsp3) is 0.750. The second-order valence-corrected chi connectivity index (χ2v) is 6.74. The van der Waals surface area contributed by atoms with Crippen LogP contribution < -0.4 is 0 Å². The second-order valence-electron chi connectivity index (χ2n) is 6.74. The summed E-state index contributed by atoms with van der Waals surface area (Å²) in [5, 5.41) is 9.00. The molecule has 1 rings (SSSR count). The summed E-state index contributed by atoms with van der Waals surface area (Å²) in [4.78, 5) is 26.7. The van der Waals surface area contributed by atoms with E-state index in [1.54, 1.807) is 4.90 Å². The zero-order chi connectivity index (χ0) is 16.2. The number of carboxylic acids is 1. The number of hydrogen-bond donors (Lipinski definition) is 1. The van der Waals surface area contributed by atoms with Gasteiger partial charge in [0.1, 0.15) is 6.54 Å². The van der Waals surface area contributed by atoms with Crippen LogP contribution in [0.1, 0.15) is 47.5 Å². The van der Waals surface area contributed by atoms with Crippen molar-refractivity contribution in [1.82, 2.24) is 9.80 Å². The lowest BCUT2D eigenvalue weighted by Crippen LogP contribution is -2.50. The van der Waals surface area contributed by atoms with Crippen LogP contribution in [-0.4, -0.2) is 52.6 Å². The van der Waals surface area contributed by atoms with Crippen molar-refractivity contribution >= 4 is 12.0 Å². The molecule has 0 radical (unpaired) electrons. The van der Waals surface area contributed by atoms with E-state index < -0.39 is 5.97 Å². The molecule has 1 aliphatic rings.